The molecule has 26 heavy (non-hydrogen) atoms. The number of rotatable bonds is 4. The summed E-state index contributed by atoms with van der Waals surface area (Å²) in [5.74, 6) is 0.0743. The van der Waals surface area contributed by atoms with E-state index >= 15 is 0 Å². The molecule has 0 aromatic carbocycles. The standard InChI is InChI=1S/C18H24N4O4/c23-16-10-14(18(26-16)3-1-2-4-18)17(24)19-11-13-9-15(21-12-20-13)22-5-7-25-8-6-22/h9,12,14H,1-8,10-11H2,(H,19,24)/t14-/m1/s1. The molecule has 0 unspecified atom stereocenters. The van der Waals surface area contributed by atoms with Crippen molar-refractivity contribution in [1.29, 1.82) is 0 Å². The topological polar surface area (TPSA) is 93.7 Å². The first-order chi connectivity index (χ1) is 12.7. The maximum absolute atomic E-state index is 12.7. The largest absolute Gasteiger partial charge is 0.458 e. The van der Waals surface area contributed by atoms with E-state index in [1.165, 1.54) is 6.33 Å². The second kappa shape index (κ2) is 7.19. The first-order valence-corrected chi connectivity index (χ1v) is 9.29. The Labute approximate surface area is 152 Å². The minimum Gasteiger partial charge on any atom is -0.458 e. The number of carbonyl (C=O) groups excluding carboxylic acids is 2. The van der Waals surface area contributed by atoms with Crippen LogP contribution in [0.25, 0.3) is 0 Å². The van der Waals surface area contributed by atoms with E-state index in [-0.39, 0.29) is 18.3 Å². The highest BCUT2D eigenvalue weighted by Crippen LogP contribution is 2.45. The fraction of sp³-hybridized carbons (Fsp3) is 0.667. The van der Waals surface area contributed by atoms with E-state index in [2.05, 4.69) is 20.2 Å². The average Bonchev–Trinajstić information content (AvgIpc) is 3.27. The maximum Gasteiger partial charge on any atom is 0.307 e. The van der Waals surface area contributed by atoms with Gasteiger partial charge in [-0.2, -0.15) is 0 Å². The van der Waals surface area contributed by atoms with Gasteiger partial charge in [-0.25, -0.2) is 9.97 Å². The number of anilines is 1. The number of amides is 1. The van der Waals surface area contributed by atoms with Crippen molar-refractivity contribution in [3.63, 3.8) is 0 Å². The van der Waals surface area contributed by atoms with Crippen molar-refractivity contribution in [3.8, 4) is 0 Å². The van der Waals surface area contributed by atoms with Gasteiger partial charge in [-0.15, -0.1) is 0 Å². The van der Waals surface area contributed by atoms with Crippen LogP contribution < -0.4 is 10.2 Å². The lowest BCUT2D eigenvalue weighted by atomic mass is 9.85. The van der Waals surface area contributed by atoms with Crippen LogP contribution in [-0.4, -0.2) is 53.7 Å². The van der Waals surface area contributed by atoms with E-state index in [4.69, 9.17) is 9.47 Å². The molecule has 2 saturated heterocycles. The Morgan fingerprint density at radius 2 is 2.04 bits per heavy atom. The molecule has 3 aliphatic rings. The highest BCUT2D eigenvalue weighted by Gasteiger charge is 2.53. The monoisotopic (exact) mass is 360 g/mol. The Balaban J connectivity index is 1.39. The van der Waals surface area contributed by atoms with Crippen LogP contribution in [0, 0.1) is 5.92 Å². The smallest absolute Gasteiger partial charge is 0.307 e. The molecule has 1 saturated carbocycles. The van der Waals surface area contributed by atoms with Gasteiger partial charge in [0.2, 0.25) is 5.91 Å². The Morgan fingerprint density at radius 3 is 2.81 bits per heavy atom. The van der Waals surface area contributed by atoms with Crippen LogP contribution >= 0.6 is 0 Å². The maximum atomic E-state index is 12.7. The molecule has 1 aromatic rings. The third-order valence-electron chi connectivity index (χ3n) is 5.58. The molecule has 2 aliphatic heterocycles. The second-order valence-electron chi connectivity index (χ2n) is 7.19. The number of carbonyl (C=O) groups is 2. The minimum atomic E-state index is -0.578. The molecular formula is C18H24N4O4. The van der Waals surface area contributed by atoms with Crippen LogP contribution in [-0.2, 0) is 25.6 Å². The quantitative estimate of drug-likeness (QED) is 0.794. The van der Waals surface area contributed by atoms with E-state index in [1.54, 1.807) is 0 Å². The van der Waals surface area contributed by atoms with Crippen LogP contribution in [0.4, 0.5) is 5.82 Å². The van der Waals surface area contributed by atoms with Gasteiger partial charge in [0.25, 0.3) is 0 Å². The van der Waals surface area contributed by atoms with E-state index in [0.29, 0.717) is 19.8 Å². The lowest BCUT2D eigenvalue weighted by Gasteiger charge is -2.28. The summed E-state index contributed by atoms with van der Waals surface area (Å²) in [5.41, 5.74) is 0.173. The van der Waals surface area contributed by atoms with Crippen molar-refractivity contribution >= 4 is 17.7 Å². The van der Waals surface area contributed by atoms with Crippen molar-refractivity contribution in [3.05, 3.63) is 18.1 Å². The summed E-state index contributed by atoms with van der Waals surface area (Å²) in [7, 11) is 0. The fourth-order valence-electron chi connectivity index (χ4n) is 4.20. The van der Waals surface area contributed by atoms with E-state index in [1.807, 2.05) is 6.07 Å². The Hall–Kier alpha value is -2.22. The molecule has 140 valence electrons. The highest BCUT2D eigenvalue weighted by molar-refractivity contribution is 5.87. The van der Waals surface area contributed by atoms with Crippen molar-refractivity contribution in [2.45, 2.75) is 44.2 Å². The molecule has 1 spiro atoms. The summed E-state index contributed by atoms with van der Waals surface area (Å²) in [6.07, 6.45) is 5.27. The van der Waals surface area contributed by atoms with Crippen molar-refractivity contribution in [1.82, 2.24) is 15.3 Å². The highest BCUT2D eigenvalue weighted by atomic mass is 16.6. The van der Waals surface area contributed by atoms with Crippen molar-refractivity contribution in [2.75, 3.05) is 31.2 Å². The Morgan fingerprint density at radius 1 is 1.27 bits per heavy atom. The van der Waals surface area contributed by atoms with Gasteiger partial charge < -0.3 is 19.7 Å². The molecule has 1 N–H and O–H groups in total. The molecule has 4 rings (SSSR count). The van der Waals surface area contributed by atoms with Crippen LogP contribution in [0.3, 0.4) is 0 Å². The second-order valence-corrected chi connectivity index (χ2v) is 7.19. The zero-order chi connectivity index (χ0) is 18.0. The predicted molar refractivity (Wildman–Crippen MR) is 92.3 cm³/mol. The number of morpholine rings is 1. The lowest BCUT2D eigenvalue weighted by Crippen LogP contribution is -2.42. The number of esters is 1. The fourth-order valence-corrected chi connectivity index (χ4v) is 4.20. The molecule has 1 aliphatic carbocycles. The number of aromatic nitrogens is 2. The summed E-state index contributed by atoms with van der Waals surface area (Å²) < 4.78 is 10.9. The third-order valence-corrected chi connectivity index (χ3v) is 5.58. The normalized spacial score (nSPS) is 24.7. The molecular weight excluding hydrogens is 336 g/mol. The zero-order valence-electron chi connectivity index (χ0n) is 14.8. The average molecular weight is 360 g/mol. The molecule has 0 bridgehead atoms. The van der Waals surface area contributed by atoms with Crippen LogP contribution in [0.1, 0.15) is 37.8 Å². The number of ether oxygens (including phenoxy) is 2. The first-order valence-electron chi connectivity index (χ1n) is 9.29. The summed E-state index contributed by atoms with van der Waals surface area (Å²) in [6.45, 7) is 3.29. The van der Waals surface area contributed by atoms with Crippen molar-refractivity contribution < 1.29 is 19.1 Å². The number of nitrogens with one attached hydrogen (secondary N) is 1. The molecule has 3 heterocycles. The predicted octanol–water partition coefficient (Wildman–Crippen LogP) is 0.805. The van der Waals surface area contributed by atoms with Crippen LogP contribution in [0.5, 0.6) is 0 Å². The number of hydrogen-bond acceptors (Lipinski definition) is 7. The SMILES string of the molecule is O=C1C[C@H](C(=O)NCc2cc(N3CCOCC3)ncn2)C2(CCCC2)O1. The van der Waals surface area contributed by atoms with E-state index in [0.717, 1.165) is 50.3 Å². The molecule has 0 radical (unpaired) electrons. The van der Waals surface area contributed by atoms with Gasteiger partial charge in [0, 0.05) is 19.2 Å². The molecule has 1 atom stereocenters. The molecule has 3 fully saturated rings. The van der Waals surface area contributed by atoms with Gasteiger partial charge in [0.15, 0.2) is 0 Å². The van der Waals surface area contributed by atoms with Gasteiger partial charge >= 0.3 is 5.97 Å². The van der Waals surface area contributed by atoms with Crippen LogP contribution in [0.2, 0.25) is 0 Å². The zero-order valence-corrected chi connectivity index (χ0v) is 14.8. The number of hydrogen-bond donors (Lipinski definition) is 1. The summed E-state index contributed by atoms with van der Waals surface area (Å²) in [6, 6.07) is 1.90. The summed E-state index contributed by atoms with van der Waals surface area (Å²) in [4.78, 5) is 35.2. The molecule has 8 nitrogen and oxygen atoms in total. The van der Waals surface area contributed by atoms with Gasteiger partial charge in [0.1, 0.15) is 17.7 Å². The first kappa shape index (κ1) is 17.2. The van der Waals surface area contributed by atoms with Gasteiger partial charge in [-0.1, -0.05) is 0 Å². The third kappa shape index (κ3) is 3.38. The van der Waals surface area contributed by atoms with E-state index < -0.39 is 11.5 Å². The molecule has 1 amide bonds. The summed E-state index contributed by atoms with van der Waals surface area (Å²) in [5, 5.41) is 2.94. The number of nitrogens with zero attached hydrogens (tertiary/aromatic N) is 3. The van der Waals surface area contributed by atoms with Gasteiger partial charge in [-0.05, 0) is 25.7 Å². The Kier molecular flexibility index (Phi) is 4.76. The van der Waals surface area contributed by atoms with Gasteiger partial charge in [-0.3, -0.25) is 9.59 Å². The summed E-state index contributed by atoms with van der Waals surface area (Å²) >= 11 is 0. The lowest BCUT2D eigenvalue weighted by molar-refractivity contribution is -0.150. The van der Waals surface area contributed by atoms with Crippen LogP contribution in [0.15, 0.2) is 12.4 Å². The van der Waals surface area contributed by atoms with Crippen molar-refractivity contribution in [2.24, 2.45) is 5.92 Å². The molecule has 1 aromatic heterocycles. The molecule has 8 heteroatoms. The minimum absolute atomic E-state index is 0.121. The Bertz CT molecular complexity index is 684. The van der Waals surface area contributed by atoms with E-state index in [9.17, 15) is 9.59 Å². The van der Waals surface area contributed by atoms with Gasteiger partial charge in [0.05, 0.1) is 37.8 Å².